The molecule has 4 heteroatoms. The lowest BCUT2D eigenvalue weighted by Gasteiger charge is -2.27. The third kappa shape index (κ3) is 3.38. The van der Waals surface area contributed by atoms with Gasteiger partial charge >= 0.3 is 5.97 Å². The van der Waals surface area contributed by atoms with E-state index in [4.69, 9.17) is 0 Å². The molecule has 1 amide bonds. The molecule has 2 N–H and O–H groups in total. The quantitative estimate of drug-likeness (QED) is 0.840. The van der Waals surface area contributed by atoms with Gasteiger partial charge in [-0.25, -0.2) is 0 Å². The molecule has 0 unspecified atom stereocenters. The van der Waals surface area contributed by atoms with Crippen molar-refractivity contribution >= 4 is 11.9 Å². The van der Waals surface area contributed by atoms with E-state index >= 15 is 0 Å². The first-order chi connectivity index (χ1) is 9.36. The molecular formula is C16H23NO3. The maximum absolute atomic E-state index is 12.2. The monoisotopic (exact) mass is 277 g/mol. The van der Waals surface area contributed by atoms with E-state index in [0.717, 1.165) is 11.1 Å². The third-order valence-corrected chi connectivity index (χ3v) is 4.02. The summed E-state index contributed by atoms with van der Waals surface area (Å²) in [5.41, 5.74) is 1.72. The average molecular weight is 277 g/mol. The number of amides is 1. The first-order valence-corrected chi connectivity index (χ1v) is 6.95. The highest BCUT2D eigenvalue weighted by Crippen LogP contribution is 2.25. The van der Waals surface area contributed by atoms with Gasteiger partial charge in [-0.2, -0.15) is 0 Å². The second kappa shape index (κ2) is 6.55. The number of benzene rings is 1. The van der Waals surface area contributed by atoms with Gasteiger partial charge in [0, 0.05) is 12.1 Å². The van der Waals surface area contributed by atoms with E-state index in [1.807, 2.05) is 39.8 Å². The minimum absolute atomic E-state index is 0.154. The number of hydrogen-bond acceptors (Lipinski definition) is 2. The number of aryl methyl sites for hydroxylation is 2. The van der Waals surface area contributed by atoms with Crippen LogP contribution in [0.25, 0.3) is 0 Å². The van der Waals surface area contributed by atoms with Gasteiger partial charge in [-0.3, -0.25) is 9.59 Å². The maximum atomic E-state index is 12.2. The molecule has 0 fully saturated rings. The number of aliphatic carboxylic acids is 1. The van der Waals surface area contributed by atoms with Crippen molar-refractivity contribution in [1.82, 2.24) is 5.32 Å². The smallest absolute Gasteiger partial charge is 0.311 e. The zero-order valence-electron chi connectivity index (χ0n) is 12.6. The van der Waals surface area contributed by atoms with Gasteiger partial charge in [0.25, 0.3) is 5.91 Å². The fourth-order valence-corrected chi connectivity index (χ4v) is 2.29. The van der Waals surface area contributed by atoms with E-state index in [0.29, 0.717) is 18.4 Å². The van der Waals surface area contributed by atoms with Crippen LogP contribution in [0.5, 0.6) is 0 Å². The Morgan fingerprint density at radius 3 is 2.25 bits per heavy atom. The van der Waals surface area contributed by atoms with Crippen molar-refractivity contribution in [3.8, 4) is 0 Å². The molecule has 0 radical (unpaired) electrons. The molecule has 0 spiro atoms. The van der Waals surface area contributed by atoms with Gasteiger partial charge in [0.15, 0.2) is 0 Å². The molecule has 1 rings (SSSR count). The minimum atomic E-state index is -0.881. The summed E-state index contributed by atoms with van der Waals surface area (Å²) in [7, 11) is 0. The molecule has 0 aliphatic heterocycles. The summed E-state index contributed by atoms with van der Waals surface area (Å²) >= 11 is 0. The van der Waals surface area contributed by atoms with E-state index in [2.05, 4.69) is 5.32 Å². The second-order valence-corrected chi connectivity index (χ2v) is 5.29. The maximum Gasteiger partial charge on any atom is 0.311 e. The third-order valence-electron chi connectivity index (χ3n) is 4.02. The van der Waals surface area contributed by atoms with Crippen LogP contribution in [0.1, 0.15) is 48.2 Å². The highest BCUT2D eigenvalue weighted by Gasteiger charge is 2.35. The summed E-state index contributed by atoms with van der Waals surface area (Å²) < 4.78 is 0. The van der Waals surface area contributed by atoms with Gasteiger partial charge in [0.2, 0.25) is 0 Å². The van der Waals surface area contributed by atoms with Crippen LogP contribution in [-0.2, 0) is 4.79 Å². The van der Waals surface area contributed by atoms with E-state index in [-0.39, 0.29) is 12.5 Å². The van der Waals surface area contributed by atoms with Crippen LogP contribution in [0.3, 0.4) is 0 Å². The van der Waals surface area contributed by atoms with Gasteiger partial charge in [-0.1, -0.05) is 31.5 Å². The van der Waals surface area contributed by atoms with Crippen molar-refractivity contribution in [2.45, 2.75) is 40.5 Å². The van der Waals surface area contributed by atoms with Crippen molar-refractivity contribution in [3.05, 3.63) is 34.9 Å². The van der Waals surface area contributed by atoms with E-state index < -0.39 is 11.4 Å². The number of carbonyl (C=O) groups excluding carboxylic acids is 1. The molecule has 110 valence electrons. The van der Waals surface area contributed by atoms with Crippen molar-refractivity contribution < 1.29 is 14.7 Å². The summed E-state index contributed by atoms with van der Waals surface area (Å²) in [6.45, 7) is 7.67. The lowest BCUT2D eigenvalue weighted by molar-refractivity contribution is -0.149. The lowest BCUT2D eigenvalue weighted by atomic mass is 9.82. The Balaban J connectivity index is 2.83. The molecule has 0 atom stereocenters. The van der Waals surface area contributed by atoms with E-state index in [1.54, 1.807) is 6.07 Å². The lowest BCUT2D eigenvalue weighted by Crippen LogP contribution is -2.42. The number of nitrogens with one attached hydrogen (secondary N) is 1. The Morgan fingerprint density at radius 1 is 1.20 bits per heavy atom. The van der Waals surface area contributed by atoms with Crippen LogP contribution in [0.2, 0.25) is 0 Å². The fourth-order valence-electron chi connectivity index (χ4n) is 2.29. The largest absolute Gasteiger partial charge is 0.481 e. The minimum Gasteiger partial charge on any atom is -0.481 e. The molecule has 0 saturated carbocycles. The Labute approximate surface area is 120 Å². The topological polar surface area (TPSA) is 66.4 Å². The molecule has 0 bridgehead atoms. The predicted octanol–water partition coefficient (Wildman–Crippen LogP) is 2.92. The van der Waals surface area contributed by atoms with E-state index in [1.165, 1.54) is 0 Å². The molecule has 1 aromatic carbocycles. The number of carboxylic acid groups (broad SMARTS) is 1. The molecule has 0 aliphatic carbocycles. The van der Waals surface area contributed by atoms with Crippen LogP contribution in [-0.4, -0.2) is 23.5 Å². The van der Waals surface area contributed by atoms with Gasteiger partial charge in [0.05, 0.1) is 5.41 Å². The second-order valence-electron chi connectivity index (χ2n) is 5.29. The van der Waals surface area contributed by atoms with Crippen LogP contribution in [0.15, 0.2) is 18.2 Å². The molecule has 0 heterocycles. The Morgan fingerprint density at radius 2 is 1.80 bits per heavy atom. The SMILES string of the molecule is CCC(CC)(CNC(=O)c1ccc(C)cc1C)C(=O)O. The zero-order valence-corrected chi connectivity index (χ0v) is 12.6. The normalized spacial score (nSPS) is 11.2. The molecule has 20 heavy (non-hydrogen) atoms. The van der Waals surface area contributed by atoms with Crippen molar-refractivity contribution in [2.75, 3.05) is 6.54 Å². The first kappa shape index (κ1) is 16.2. The highest BCUT2D eigenvalue weighted by molar-refractivity contribution is 5.96. The molecule has 0 aromatic heterocycles. The zero-order chi connectivity index (χ0) is 15.3. The van der Waals surface area contributed by atoms with Crippen molar-refractivity contribution in [1.29, 1.82) is 0 Å². The van der Waals surface area contributed by atoms with Crippen molar-refractivity contribution in [3.63, 3.8) is 0 Å². The number of hydrogen-bond donors (Lipinski definition) is 2. The summed E-state index contributed by atoms with van der Waals surface area (Å²) in [6, 6.07) is 5.60. The van der Waals surface area contributed by atoms with E-state index in [9.17, 15) is 14.7 Å². The first-order valence-electron chi connectivity index (χ1n) is 6.95. The van der Waals surface area contributed by atoms with Crippen LogP contribution < -0.4 is 5.32 Å². The average Bonchev–Trinajstić information content (AvgIpc) is 2.39. The van der Waals surface area contributed by atoms with Crippen LogP contribution >= 0.6 is 0 Å². The Kier molecular flexibility index (Phi) is 5.31. The molecule has 0 saturated heterocycles. The Hall–Kier alpha value is -1.84. The van der Waals surface area contributed by atoms with Crippen LogP contribution in [0.4, 0.5) is 0 Å². The Bertz CT molecular complexity index is 504. The molecule has 4 nitrogen and oxygen atoms in total. The highest BCUT2D eigenvalue weighted by atomic mass is 16.4. The number of carboxylic acids is 1. The summed E-state index contributed by atoms with van der Waals surface area (Å²) in [6.07, 6.45) is 0.984. The van der Waals surface area contributed by atoms with Crippen molar-refractivity contribution in [2.24, 2.45) is 5.41 Å². The number of carbonyl (C=O) groups is 2. The van der Waals surface area contributed by atoms with Gasteiger partial charge in [-0.15, -0.1) is 0 Å². The van der Waals surface area contributed by atoms with Crippen LogP contribution in [0, 0.1) is 19.3 Å². The molecule has 0 aliphatic rings. The summed E-state index contributed by atoms with van der Waals surface area (Å²) in [5.74, 6) is -1.07. The van der Waals surface area contributed by atoms with Gasteiger partial charge in [-0.05, 0) is 38.3 Å². The molecule has 1 aromatic rings. The molecular weight excluding hydrogens is 254 g/mol. The van der Waals surface area contributed by atoms with Gasteiger partial charge < -0.3 is 10.4 Å². The fraction of sp³-hybridized carbons (Fsp3) is 0.500. The number of rotatable bonds is 6. The summed E-state index contributed by atoms with van der Waals surface area (Å²) in [4.78, 5) is 23.6. The predicted molar refractivity (Wildman–Crippen MR) is 78.9 cm³/mol. The van der Waals surface area contributed by atoms with Gasteiger partial charge in [0.1, 0.15) is 0 Å². The summed E-state index contributed by atoms with van der Waals surface area (Å²) in [5, 5.41) is 12.1. The standard InChI is InChI=1S/C16H23NO3/c1-5-16(6-2,15(19)20)10-17-14(18)13-8-7-11(3)9-12(13)4/h7-9H,5-6,10H2,1-4H3,(H,17,18)(H,19,20).